The number of furan rings is 1. The Balaban J connectivity index is 1.51. The van der Waals surface area contributed by atoms with Gasteiger partial charge in [-0.25, -0.2) is 4.98 Å². The first-order valence-electron chi connectivity index (χ1n) is 13.8. The van der Waals surface area contributed by atoms with Crippen molar-refractivity contribution in [1.82, 2.24) is 19.5 Å². The molecule has 41 heavy (non-hydrogen) atoms. The van der Waals surface area contributed by atoms with E-state index in [1.54, 1.807) is 0 Å². The van der Waals surface area contributed by atoms with E-state index in [-0.39, 0.29) is 0 Å². The molecule has 0 saturated carbocycles. The first-order chi connectivity index (χ1) is 20.0. The average molecular weight is 531 g/mol. The van der Waals surface area contributed by atoms with E-state index in [0.29, 0.717) is 17.6 Å². The minimum Gasteiger partial charge on any atom is -0.454 e. The summed E-state index contributed by atoms with van der Waals surface area (Å²) in [5, 5.41) is 4.40. The van der Waals surface area contributed by atoms with Gasteiger partial charge in [0, 0.05) is 32.7 Å². The van der Waals surface area contributed by atoms with Crippen LogP contribution < -0.4 is 0 Å². The van der Waals surface area contributed by atoms with E-state index in [1.165, 1.54) is 5.56 Å². The van der Waals surface area contributed by atoms with Gasteiger partial charge in [-0.3, -0.25) is 4.57 Å². The molecule has 3 aromatic heterocycles. The Hall–Kier alpha value is -5.29. The lowest BCUT2D eigenvalue weighted by atomic mass is 10.1. The molecule has 0 unspecified atom stereocenters. The molecular formula is C36H26N4O. The maximum Gasteiger partial charge on any atom is 0.238 e. The van der Waals surface area contributed by atoms with Gasteiger partial charge in [-0.15, -0.1) is 0 Å². The topological polar surface area (TPSA) is 56.7 Å². The summed E-state index contributed by atoms with van der Waals surface area (Å²) in [6.45, 7) is 6.28. The molecule has 0 bridgehead atoms. The smallest absolute Gasteiger partial charge is 0.238 e. The standard InChI is InChI=1S/C36H26N4O/c1-21-8-6-10-24(18-21)34-37-35(25-11-7-9-22(2)19-25)39-36(38-34)40-30-13-5-4-12-26(30)27-15-16-28-29-20-23(3)14-17-31(29)41-33(28)32(27)40/h4-20H,1-3H3. The van der Waals surface area contributed by atoms with Crippen LogP contribution in [0.2, 0.25) is 0 Å². The predicted molar refractivity (Wildman–Crippen MR) is 167 cm³/mol. The van der Waals surface area contributed by atoms with Gasteiger partial charge in [-0.05, 0) is 57.2 Å². The van der Waals surface area contributed by atoms with Gasteiger partial charge in [0.2, 0.25) is 5.95 Å². The van der Waals surface area contributed by atoms with Crippen molar-refractivity contribution >= 4 is 43.7 Å². The monoisotopic (exact) mass is 530 g/mol. The summed E-state index contributed by atoms with van der Waals surface area (Å²) in [5.41, 5.74) is 9.07. The third-order valence-corrected chi connectivity index (χ3v) is 7.80. The number of aryl methyl sites for hydroxylation is 3. The molecule has 0 aliphatic heterocycles. The van der Waals surface area contributed by atoms with Crippen LogP contribution in [-0.4, -0.2) is 19.5 Å². The molecular weight excluding hydrogens is 504 g/mol. The zero-order valence-corrected chi connectivity index (χ0v) is 23.0. The van der Waals surface area contributed by atoms with Gasteiger partial charge in [0.05, 0.1) is 5.52 Å². The van der Waals surface area contributed by atoms with Gasteiger partial charge in [0.1, 0.15) is 11.1 Å². The molecule has 8 aromatic rings. The van der Waals surface area contributed by atoms with Crippen molar-refractivity contribution in [3.05, 3.63) is 120 Å². The van der Waals surface area contributed by atoms with Crippen molar-refractivity contribution < 1.29 is 4.42 Å². The van der Waals surface area contributed by atoms with Crippen molar-refractivity contribution in [3.63, 3.8) is 0 Å². The van der Waals surface area contributed by atoms with Gasteiger partial charge in [-0.2, -0.15) is 9.97 Å². The number of para-hydroxylation sites is 1. The Morgan fingerprint density at radius 2 is 1.20 bits per heavy atom. The second-order valence-electron chi connectivity index (χ2n) is 10.8. The highest BCUT2D eigenvalue weighted by Gasteiger charge is 2.22. The fourth-order valence-electron chi connectivity index (χ4n) is 5.89. The van der Waals surface area contributed by atoms with Crippen LogP contribution in [0.25, 0.3) is 72.5 Å². The van der Waals surface area contributed by atoms with Crippen LogP contribution in [0.1, 0.15) is 16.7 Å². The summed E-state index contributed by atoms with van der Waals surface area (Å²) >= 11 is 0. The van der Waals surface area contributed by atoms with Gasteiger partial charge >= 0.3 is 0 Å². The summed E-state index contributed by atoms with van der Waals surface area (Å²) in [5.74, 6) is 1.82. The fourth-order valence-corrected chi connectivity index (χ4v) is 5.89. The van der Waals surface area contributed by atoms with E-state index < -0.39 is 0 Å². The Morgan fingerprint density at radius 1 is 0.537 bits per heavy atom. The minimum atomic E-state index is 0.559. The van der Waals surface area contributed by atoms with Crippen LogP contribution in [0.3, 0.4) is 0 Å². The molecule has 0 aliphatic rings. The highest BCUT2D eigenvalue weighted by Crippen LogP contribution is 2.40. The maximum absolute atomic E-state index is 6.58. The average Bonchev–Trinajstić information content (AvgIpc) is 3.52. The highest BCUT2D eigenvalue weighted by atomic mass is 16.3. The van der Waals surface area contributed by atoms with E-state index in [2.05, 4.69) is 116 Å². The normalized spacial score (nSPS) is 11.8. The molecule has 0 N–H and O–H groups in total. The first kappa shape index (κ1) is 23.6. The van der Waals surface area contributed by atoms with Crippen molar-refractivity contribution in [2.75, 3.05) is 0 Å². The molecule has 8 rings (SSSR count). The number of aromatic nitrogens is 4. The molecule has 0 amide bonds. The van der Waals surface area contributed by atoms with Crippen LogP contribution in [0.4, 0.5) is 0 Å². The SMILES string of the molecule is Cc1cccc(-c2nc(-c3cccc(C)c3)nc(-n3c4ccccc4c4ccc5c6cc(C)ccc6oc5c43)n2)c1. The lowest BCUT2D eigenvalue weighted by molar-refractivity contribution is 0.670. The highest BCUT2D eigenvalue weighted by molar-refractivity contribution is 6.21. The molecule has 5 heteroatoms. The van der Waals surface area contributed by atoms with Crippen molar-refractivity contribution in [1.29, 1.82) is 0 Å². The molecule has 5 nitrogen and oxygen atoms in total. The van der Waals surface area contributed by atoms with Crippen LogP contribution >= 0.6 is 0 Å². The molecule has 0 aliphatic carbocycles. The molecule has 196 valence electrons. The Morgan fingerprint density at radius 3 is 1.90 bits per heavy atom. The molecule has 0 fully saturated rings. The Labute approximate surface area is 236 Å². The second kappa shape index (κ2) is 8.86. The summed E-state index contributed by atoms with van der Waals surface area (Å²) in [7, 11) is 0. The van der Waals surface area contributed by atoms with Crippen LogP contribution in [-0.2, 0) is 0 Å². The number of benzene rings is 5. The van der Waals surface area contributed by atoms with E-state index in [4.69, 9.17) is 19.4 Å². The minimum absolute atomic E-state index is 0.559. The lowest BCUT2D eigenvalue weighted by Gasteiger charge is -2.11. The zero-order chi connectivity index (χ0) is 27.7. The summed E-state index contributed by atoms with van der Waals surface area (Å²) in [6, 6.07) is 35.7. The molecule has 0 atom stereocenters. The predicted octanol–water partition coefficient (Wildman–Crippen LogP) is 9.13. The quantitative estimate of drug-likeness (QED) is 0.229. The molecule has 0 saturated heterocycles. The van der Waals surface area contributed by atoms with Crippen molar-refractivity contribution in [3.8, 4) is 28.7 Å². The van der Waals surface area contributed by atoms with Gasteiger partial charge in [-0.1, -0.05) is 83.4 Å². The van der Waals surface area contributed by atoms with Gasteiger partial charge in [0.25, 0.3) is 0 Å². The molecule has 3 heterocycles. The largest absolute Gasteiger partial charge is 0.454 e. The van der Waals surface area contributed by atoms with E-state index in [0.717, 1.165) is 66.0 Å². The number of fused-ring (bicyclic) bond motifs is 7. The Kier molecular flexibility index (Phi) is 5.10. The van der Waals surface area contributed by atoms with E-state index in [9.17, 15) is 0 Å². The molecule has 0 radical (unpaired) electrons. The van der Waals surface area contributed by atoms with E-state index in [1.807, 2.05) is 12.1 Å². The van der Waals surface area contributed by atoms with Crippen molar-refractivity contribution in [2.24, 2.45) is 0 Å². The number of hydrogen-bond acceptors (Lipinski definition) is 4. The maximum atomic E-state index is 6.58. The van der Waals surface area contributed by atoms with E-state index >= 15 is 0 Å². The molecule has 5 aromatic carbocycles. The van der Waals surface area contributed by atoms with Crippen LogP contribution in [0.15, 0.2) is 108 Å². The summed E-state index contributed by atoms with van der Waals surface area (Å²) < 4.78 is 8.72. The van der Waals surface area contributed by atoms with Crippen LogP contribution in [0, 0.1) is 20.8 Å². The third-order valence-electron chi connectivity index (χ3n) is 7.80. The number of rotatable bonds is 3. The first-order valence-corrected chi connectivity index (χ1v) is 13.8. The molecule has 0 spiro atoms. The Bertz CT molecular complexity index is 2240. The third kappa shape index (κ3) is 3.74. The fraction of sp³-hybridized carbons (Fsp3) is 0.0833. The van der Waals surface area contributed by atoms with Gasteiger partial charge < -0.3 is 4.42 Å². The lowest BCUT2D eigenvalue weighted by Crippen LogP contribution is -2.06. The second-order valence-corrected chi connectivity index (χ2v) is 10.8. The number of nitrogens with zero attached hydrogens (tertiary/aromatic N) is 4. The number of hydrogen-bond donors (Lipinski definition) is 0. The summed E-state index contributed by atoms with van der Waals surface area (Å²) in [6.07, 6.45) is 0. The van der Waals surface area contributed by atoms with Gasteiger partial charge in [0.15, 0.2) is 17.2 Å². The summed E-state index contributed by atoms with van der Waals surface area (Å²) in [4.78, 5) is 15.2. The van der Waals surface area contributed by atoms with Crippen molar-refractivity contribution in [2.45, 2.75) is 20.8 Å². The zero-order valence-electron chi connectivity index (χ0n) is 23.0. The van der Waals surface area contributed by atoms with Crippen LogP contribution in [0.5, 0.6) is 0 Å².